The van der Waals surface area contributed by atoms with Gasteiger partial charge in [-0.15, -0.1) is 0 Å². The molecule has 4 rings (SSSR count). The highest BCUT2D eigenvalue weighted by atomic mass is 31.2. The summed E-state index contributed by atoms with van der Waals surface area (Å²) in [5.41, 5.74) is 7.55. The SMILES string of the molecule is Cc1cccc(C)c1CCOP1OCC2(CO1)COP(OCCc1c(C)cccc1C)OC2. The van der Waals surface area contributed by atoms with Gasteiger partial charge in [-0.3, -0.25) is 0 Å². The molecule has 0 unspecified atom stereocenters. The van der Waals surface area contributed by atoms with Crippen molar-refractivity contribution in [1.29, 1.82) is 0 Å². The topological polar surface area (TPSA) is 55.4 Å². The predicted octanol–water partition coefficient (Wildman–Crippen LogP) is 6.27. The van der Waals surface area contributed by atoms with Gasteiger partial charge >= 0.3 is 17.2 Å². The minimum Gasteiger partial charge on any atom is -0.312 e. The van der Waals surface area contributed by atoms with E-state index in [1.54, 1.807) is 0 Å². The van der Waals surface area contributed by atoms with E-state index >= 15 is 0 Å². The van der Waals surface area contributed by atoms with Crippen LogP contribution >= 0.6 is 17.2 Å². The maximum Gasteiger partial charge on any atom is 0.332 e. The number of benzene rings is 2. The third kappa shape index (κ3) is 6.60. The second-order valence-electron chi connectivity index (χ2n) is 8.95. The smallest absolute Gasteiger partial charge is 0.312 e. The van der Waals surface area contributed by atoms with Crippen molar-refractivity contribution in [2.24, 2.45) is 5.41 Å². The van der Waals surface area contributed by atoms with E-state index in [-0.39, 0.29) is 5.41 Å². The maximum absolute atomic E-state index is 5.90. The van der Waals surface area contributed by atoms with E-state index < -0.39 is 17.2 Å². The van der Waals surface area contributed by atoms with E-state index in [9.17, 15) is 0 Å². The molecule has 2 aliphatic rings. The molecule has 2 aromatic carbocycles. The molecule has 0 amide bonds. The van der Waals surface area contributed by atoms with E-state index in [1.807, 2.05) is 0 Å². The lowest BCUT2D eigenvalue weighted by Gasteiger charge is -2.41. The summed E-state index contributed by atoms with van der Waals surface area (Å²) in [4.78, 5) is 0. The Morgan fingerprint density at radius 1 is 0.636 bits per heavy atom. The molecule has 2 saturated heterocycles. The number of hydrogen-bond acceptors (Lipinski definition) is 6. The van der Waals surface area contributed by atoms with Crippen molar-refractivity contribution in [3.05, 3.63) is 69.8 Å². The van der Waals surface area contributed by atoms with Crippen LogP contribution in [0.3, 0.4) is 0 Å². The molecular weight excluding hydrogens is 458 g/mol. The molecule has 0 aliphatic carbocycles. The van der Waals surface area contributed by atoms with Gasteiger partial charge in [-0.25, -0.2) is 0 Å². The van der Waals surface area contributed by atoms with Crippen LogP contribution in [0.5, 0.6) is 0 Å². The number of aryl methyl sites for hydroxylation is 4. The van der Waals surface area contributed by atoms with Crippen molar-refractivity contribution < 1.29 is 27.1 Å². The molecule has 180 valence electrons. The standard InChI is InChI=1S/C25H34O6P2/c1-19-7-5-8-20(2)23(19)11-13-26-32-28-15-25(16-29-32)17-30-33(31-18-25)27-14-12-24-21(3)9-6-10-22(24)4/h5-10H,11-18H2,1-4H3. The molecule has 2 aromatic rings. The number of hydrogen-bond donors (Lipinski definition) is 0. The average molecular weight is 492 g/mol. The molecule has 2 fully saturated rings. The zero-order valence-corrected chi connectivity index (χ0v) is 21.8. The minimum atomic E-state index is -1.33. The first-order chi connectivity index (χ1) is 16.0. The Kier molecular flexibility index (Phi) is 8.89. The lowest BCUT2D eigenvalue weighted by molar-refractivity contribution is -0.0758. The third-order valence-corrected chi connectivity index (χ3v) is 8.44. The van der Waals surface area contributed by atoms with Crippen LogP contribution in [0.2, 0.25) is 0 Å². The summed E-state index contributed by atoms with van der Waals surface area (Å²) in [5, 5.41) is 0. The van der Waals surface area contributed by atoms with Gasteiger partial charge < -0.3 is 27.1 Å². The van der Waals surface area contributed by atoms with Gasteiger partial charge in [-0.2, -0.15) is 0 Å². The molecular formula is C25H34O6P2. The highest BCUT2D eigenvalue weighted by molar-refractivity contribution is 7.42. The molecule has 1 spiro atoms. The largest absolute Gasteiger partial charge is 0.332 e. The quantitative estimate of drug-likeness (QED) is 0.405. The van der Waals surface area contributed by atoms with E-state index in [2.05, 4.69) is 64.1 Å². The van der Waals surface area contributed by atoms with Crippen molar-refractivity contribution in [2.75, 3.05) is 39.6 Å². The van der Waals surface area contributed by atoms with Gasteiger partial charge in [0, 0.05) is 0 Å². The summed E-state index contributed by atoms with van der Waals surface area (Å²) in [6.07, 6.45) is 1.70. The summed E-state index contributed by atoms with van der Waals surface area (Å²) in [6.45, 7) is 11.7. The molecule has 0 N–H and O–H groups in total. The summed E-state index contributed by atoms with van der Waals surface area (Å²) in [6, 6.07) is 12.7. The van der Waals surface area contributed by atoms with Crippen molar-refractivity contribution in [1.82, 2.24) is 0 Å². The first-order valence-corrected chi connectivity index (χ1v) is 13.6. The Labute approximate surface area is 199 Å². The first-order valence-electron chi connectivity index (χ1n) is 11.4. The van der Waals surface area contributed by atoms with Gasteiger partial charge in [0.15, 0.2) is 0 Å². The van der Waals surface area contributed by atoms with Crippen LogP contribution in [-0.4, -0.2) is 39.6 Å². The van der Waals surface area contributed by atoms with Crippen LogP contribution in [0.15, 0.2) is 36.4 Å². The Hall–Kier alpha value is -0.940. The Bertz CT molecular complexity index is 802. The van der Waals surface area contributed by atoms with Crippen LogP contribution < -0.4 is 0 Å². The minimum absolute atomic E-state index is 0.288. The first kappa shape index (κ1) is 25.2. The molecule has 2 heterocycles. The summed E-state index contributed by atoms with van der Waals surface area (Å²) < 4.78 is 35.4. The van der Waals surface area contributed by atoms with E-state index in [4.69, 9.17) is 27.1 Å². The van der Waals surface area contributed by atoms with E-state index in [0.29, 0.717) is 39.6 Å². The molecule has 0 saturated carbocycles. The summed E-state index contributed by atoms with van der Waals surface area (Å²) in [7, 11) is -2.66. The van der Waals surface area contributed by atoms with Crippen LogP contribution in [0.4, 0.5) is 0 Å². The van der Waals surface area contributed by atoms with Gasteiger partial charge in [0.25, 0.3) is 0 Å². The summed E-state index contributed by atoms with van der Waals surface area (Å²) >= 11 is 0. The molecule has 2 aliphatic heterocycles. The molecule has 8 heteroatoms. The van der Waals surface area contributed by atoms with Crippen LogP contribution in [0.1, 0.15) is 33.4 Å². The fourth-order valence-electron chi connectivity index (χ4n) is 4.16. The van der Waals surface area contributed by atoms with Gasteiger partial charge in [0.05, 0.1) is 45.1 Å². The predicted molar refractivity (Wildman–Crippen MR) is 131 cm³/mol. The highest BCUT2D eigenvalue weighted by Gasteiger charge is 2.44. The molecule has 6 nitrogen and oxygen atoms in total. The molecule has 0 bridgehead atoms. The Balaban J connectivity index is 1.15. The Morgan fingerprint density at radius 3 is 1.30 bits per heavy atom. The lowest BCUT2D eigenvalue weighted by Crippen LogP contribution is -2.44. The van der Waals surface area contributed by atoms with Crippen LogP contribution in [0, 0.1) is 33.1 Å². The van der Waals surface area contributed by atoms with Crippen molar-refractivity contribution in [2.45, 2.75) is 40.5 Å². The zero-order valence-electron chi connectivity index (χ0n) is 20.0. The average Bonchev–Trinajstić information content (AvgIpc) is 2.80. The molecule has 33 heavy (non-hydrogen) atoms. The van der Waals surface area contributed by atoms with E-state index in [0.717, 1.165) is 12.8 Å². The van der Waals surface area contributed by atoms with Gasteiger partial charge in [-0.1, -0.05) is 36.4 Å². The van der Waals surface area contributed by atoms with E-state index in [1.165, 1.54) is 33.4 Å². The van der Waals surface area contributed by atoms with Gasteiger partial charge in [0.1, 0.15) is 0 Å². The zero-order chi connectivity index (χ0) is 23.3. The van der Waals surface area contributed by atoms with Crippen molar-refractivity contribution in [3.63, 3.8) is 0 Å². The number of rotatable bonds is 8. The fourth-order valence-corrected chi connectivity index (χ4v) is 6.61. The molecule has 0 aromatic heterocycles. The van der Waals surface area contributed by atoms with Gasteiger partial charge in [-0.05, 0) is 73.9 Å². The van der Waals surface area contributed by atoms with Crippen LogP contribution in [-0.2, 0) is 40.0 Å². The molecule has 0 atom stereocenters. The molecule has 0 radical (unpaired) electrons. The lowest BCUT2D eigenvalue weighted by atomic mass is 9.93. The normalized spacial score (nSPS) is 25.5. The fraction of sp³-hybridized carbons (Fsp3) is 0.520. The maximum atomic E-state index is 5.90. The monoisotopic (exact) mass is 492 g/mol. The summed E-state index contributed by atoms with van der Waals surface area (Å²) in [5.74, 6) is 0. The van der Waals surface area contributed by atoms with Crippen molar-refractivity contribution >= 4 is 17.2 Å². The Morgan fingerprint density at radius 2 is 0.970 bits per heavy atom. The second-order valence-corrected chi connectivity index (χ2v) is 11.4. The van der Waals surface area contributed by atoms with Crippen LogP contribution in [0.25, 0.3) is 0 Å². The highest BCUT2D eigenvalue weighted by Crippen LogP contribution is 2.53. The van der Waals surface area contributed by atoms with Crippen molar-refractivity contribution in [3.8, 4) is 0 Å². The second kappa shape index (κ2) is 11.7. The van der Waals surface area contributed by atoms with Gasteiger partial charge in [0.2, 0.25) is 0 Å². The third-order valence-electron chi connectivity index (χ3n) is 6.29.